The van der Waals surface area contributed by atoms with Gasteiger partial charge in [0.2, 0.25) is 0 Å². The maximum atomic E-state index is 12.8. The Morgan fingerprint density at radius 2 is 0.591 bits per heavy atom. The fraction of sp³-hybridized carbons (Fsp3) is 0.683. The van der Waals surface area contributed by atoms with E-state index in [1.165, 1.54) is 77.0 Å². The molecule has 0 amide bonds. The molecule has 0 radical (unpaired) electrons. The fourth-order valence-electron chi connectivity index (χ4n) is 7.27. The van der Waals surface area contributed by atoms with Crippen LogP contribution in [0.15, 0.2) is 97.2 Å². The van der Waals surface area contributed by atoms with Crippen LogP contribution in [0.1, 0.15) is 245 Å². The molecule has 0 saturated heterocycles. The van der Waals surface area contributed by atoms with Crippen LogP contribution in [0.5, 0.6) is 0 Å². The van der Waals surface area contributed by atoms with Crippen LogP contribution in [-0.4, -0.2) is 37.2 Å². The van der Waals surface area contributed by atoms with Crippen LogP contribution >= 0.6 is 0 Å². The first-order chi connectivity index (χ1) is 32.5. The summed E-state index contributed by atoms with van der Waals surface area (Å²) in [5, 5.41) is 0. The SMILES string of the molecule is CC/C=C\C/C=C\C/C=C\C/C=C\CCCCCCCCC(=O)OCC(COC(=O)CCCCCCC/C=C\CCCCC)OC(=O)CCCCCCCCC/C=C\C/C=C\C/C=C\CC. The van der Waals surface area contributed by atoms with Crippen molar-refractivity contribution in [1.29, 1.82) is 0 Å². The maximum Gasteiger partial charge on any atom is 0.306 e. The van der Waals surface area contributed by atoms with E-state index in [-0.39, 0.29) is 31.1 Å². The third kappa shape index (κ3) is 51.3. The molecule has 0 aliphatic heterocycles. The quantitative estimate of drug-likeness (QED) is 0.0262. The van der Waals surface area contributed by atoms with Crippen molar-refractivity contribution in [3.05, 3.63) is 97.2 Å². The maximum absolute atomic E-state index is 12.8. The second-order valence-electron chi connectivity index (χ2n) is 17.7. The standard InChI is InChI=1S/C60H100O6/c1-4-7-10-13-16-19-22-25-27-29-30-32-33-35-38-41-44-47-50-53-59(62)65-56-57(55-64-58(61)52-49-46-43-40-37-24-21-18-15-12-9-6-3)66-60(63)54-51-48-45-42-39-36-34-31-28-26-23-20-17-14-11-8-5-2/h7-8,10-11,16-21,25-28,30,32,57H,4-6,9,12-15,22-24,29,31,33-56H2,1-3H3/b10-7-,11-8-,19-16-,20-17-,21-18-,27-25-,28-26-,32-30-. The predicted octanol–water partition coefficient (Wildman–Crippen LogP) is 18.1. The van der Waals surface area contributed by atoms with E-state index < -0.39 is 6.10 Å². The van der Waals surface area contributed by atoms with Crippen LogP contribution in [0.2, 0.25) is 0 Å². The summed E-state index contributed by atoms with van der Waals surface area (Å²) in [6, 6.07) is 0. The molecule has 0 aromatic rings. The number of hydrogen-bond donors (Lipinski definition) is 0. The Hall–Kier alpha value is -3.67. The van der Waals surface area contributed by atoms with Gasteiger partial charge in [0.25, 0.3) is 0 Å². The lowest BCUT2D eigenvalue weighted by Gasteiger charge is -2.18. The van der Waals surface area contributed by atoms with E-state index in [9.17, 15) is 14.4 Å². The topological polar surface area (TPSA) is 78.9 Å². The lowest BCUT2D eigenvalue weighted by Crippen LogP contribution is -2.30. The minimum Gasteiger partial charge on any atom is -0.462 e. The van der Waals surface area contributed by atoms with Crippen LogP contribution in [0, 0.1) is 0 Å². The molecule has 0 N–H and O–H groups in total. The Balaban J connectivity index is 4.42. The Kier molecular flexibility index (Phi) is 50.9. The third-order valence-corrected chi connectivity index (χ3v) is 11.3. The third-order valence-electron chi connectivity index (χ3n) is 11.3. The molecule has 376 valence electrons. The van der Waals surface area contributed by atoms with Crippen molar-refractivity contribution in [2.45, 2.75) is 252 Å². The van der Waals surface area contributed by atoms with Gasteiger partial charge in [-0.05, 0) is 116 Å². The van der Waals surface area contributed by atoms with Crippen molar-refractivity contribution in [1.82, 2.24) is 0 Å². The van der Waals surface area contributed by atoms with E-state index in [0.717, 1.165) is 128 Å². The lowest BCUT2D eigenvalue weighted by atomic mass is 10.1. The van der Waals surface area contributed by atoms with Crippen molar-refractivity contribution in [3.63, 3.8) is 0 Å². The first-order valence-corrected chi connectivity index (χ1v) is 27.2. The molecule has 0 spiro atoms. The van der Waals surface area contributed by atoms with Gasteiger partial charge in [-0.25, -0.2) is 0 Å². The van der Waals surface area contributed by atoms with Gasteiger partial charge in [-0.3, -0.25) is 14.4 Å². The fourth-order valence-corrected chi connectivity index (χ4v) is 7.27. The largest absolute Gasteiger partial charge is 0.462 e. The Labute approximate surface area is 407 Å². The molecule has 0 heterocycles. The molecule has 0 aromatic carbocycles. The molecule has 0 fully saturated rings. The molecule has 1 unspecified atom stereocenters. The Morgan fingerprint density at radius 3 is 0.939 bits per heavy atom. The summed E-state index contributed by atoms with van der Waals surface area (Å²) in [5.74, 6) is -0.924. The molecule has 0 aliphatic rings. The summed E-state index contributed by atoms with van der Waals surface area (Å²) >= 11 is 0. The van der Waals surface area contributed by atoms with E-state index in [0.29, 0.717) is 19.3 Å². The van der Waals surface area contributed by atoms with Crippen LogP contribution in [0.25, 0.3) is 0 Å². The molecule has 0 rings (SSSR count). The molecule has 66 heavy (non-hydrogen) atoms. The zero-order valence-electron chi connectivity index (χ0n) is 42.9. The molecular formula is C60H100O6. The summed E-state index contributed by atoms with van der Waals surface area (Å²) < 4.78 is 16.8. The van der Waals surface area contributed by atoms with E-state index >= 15 is 0 Å². The van der Waals surface area contributed by atoms with E-state index in [1.54, 1.807) is 0 Å². The number of unbranched alkanes of at least 4 members (excludes halogenated alkanes) is 21. The first kappa shape index (κ1) is 62.3. The number of allylic oxidation sites excluding steroid dienone is 16. The van der Waals surface area contributed by atoms with Gasteiger partial charge in [0, 0.05) is 19.3 Å². The van der Waals surface area contributed by atoms with Crippen molar-refractivity contribution in [3.8, 4) is 0 Å². The van der Waals surface area contributed by atoms with Crippen LogP contribution < -0.4 is 0 Å². The van der Waals surface area contributed by atoms with Gasteiger partial charge in [0.05, 0.1) is 0 Å². The number of carbonyl (C=O) groups is 3. The zero-order valence-corrected chi connectivity index (χ0v) is 42.9. The van der Waals surface area contributed by atoms with Gasteiger partial charge in [0.15, 0.2) is 6.10 Å². The summed E-state index contributed by atoms with van der Waals surface area (Å²) in [5.41, 5.74) is 0. The molecule has 6 heteroatoms. The van der Waals surface area contributed by atoms with E-state index in [4.69, 9.17) is 14.2 Å². The number of hydrogen-bond acceptors (Lipinski definition) is 6. The van der Waals surface area contributed by atoms with E-state index in [1.807, 2.05) is 0 Å². The Bertz CT molecular complexity index is 1330. The average Bonchev–Trinajstić information content (AvgIpc) is 3.31. The number of esters is 3. The van der Waals surface area contributed by atoms with Gasteiger partial charge in [-0.2, -0.15) is 0 Å². The van der Waals surface area contributed by atoms with Crippen molar-refractivity contribution >= 4 is 17.9 Å². The van der Waals surface area contributed by atoms with Gasteiger partial charge >= 0.3 is 17.9 Å². The highest BCUT2D eigenvalue weighted by Crippen LogP contribution is 2.14. The van der Waals surface area contributed by atoms with Gasteiger partial charge in [-0.15, -0.1) is 0 Å². The molecule has 0 saturated carbocycles. The normalized spacial score (nSPS) is 12.8. The van der Waals surface area contributed by atoms with Crippen LogP contribution in [0.4, 0.5) is 0 Å². The number of rotatable bonds is 48. The molecule has 0 bridgehead atoms. The van der Waals surface area contributed by atoms with Crippen molar-refractivity contribution in [2.75, 3.05) is 13.2 Å². The Morgan fingerprint density at radius 1 is 0.318 bits per heavy atom. The summed E-state index contributed by atoms with van der Waals surface area (Å²) in [6.45, 7) is 6.36. The van der Waals surface area contributed by atoms with E-state index in [2.05, 4.69) is 118 Å². The number of carbonyl (C=O) groups excluding carboxylic acids is 3. The minimum absolute atomic E-state index is 0.0914. The highest BCUT2D eigenvalue weighted by molar-refractivity contribution is 5.71. The van der Waals surface area contributed by atoms with Crippen molar-refractivity contribution in [2.24, 2.45) is 0 Å². The average molecular weight is 917 g/mol. The summed E-state index contributed by atoms with van der Waals surface area (Å²) in [4.78, 5) is 38.1. The second-order valence-corrected chi connectivity index (χ2v) is 17.7. The summed E-state index contributed by atoms with van der Waals surface area (Å²) in [7, 11) is 0. The zero-order chi connectivity index (χ0) is 47.9. The summed E-state index contributed by atoms with van der Waals surface area (Å²) in [6.07, 6.45) is 71.0. The van der Waals surface area contributed by atoms with Gasteiger partial charge < -0.3 is 14.2 Å². The van der Waals surface area contributed by atoms with Crippen LogP contribution in [0.3, 0.4) is 0 Å². The van der Waals surface area contributed by atoms with Crippen LogP contribution in [-0.2, 0) is 28.6 Å². The smallest absolute Gasteiger partial charge is 0.306 e. The molecule has 6 nitrogen and oxygen atoms in total. The molecule has 1 atom stereocenters. The van der Waals surface area contributed by atoms with Gasteiger partial charge in [0.1, 0.15) is 13.2 Å². The predicted molar refractivity (Wildman–Crippen MR) is 284 cm³/mol. The lowest BCUT2D eigenvalue weighted by molar-refractivity contribution is -0.167. The molecule has 0 aromatic heterocycles. The highest BCUT2D eigenvalue weighted by atomic mass is 16.6. The highest BCUT2D eigenvalue weighted by Gasteiger charge is 2.19. The molecular weight excluding hydrogens is 817 g/mol. The monoisotopic (exact) mass is 917 g/mol. The minimum atomic E-state index is -0.793. The number of ether oxygens (including phenoxy) is 3. The molecule has 0 aliphatic carbocycles. The second kappa shape index (κ2) is 53.9. The van der Waals surface area contributed by atoms with Gasteiger partial charge in [-0.1, -0.05) is 208 Å². The first-order valence-electron chi connectivity index (χ1n) is 27.2. The van der Waals surface area contributed by atoms with Crippen molar-refractivity contribution < 1.29 is 28.6 Å².